The van der Waals surface area contributed by atoms with Gasteiger partial charge in [-0.2, -0.15) is 9.19 Å². The topological polar surface area (TPSA) is 68.2 Å². The van der Waals surface area contributed by atoms with Crippen LogP contribution in [0.5, 0.6) is 0 Å². The molecule has 4 aromatic heterocycles. The van der Waals surface area contributed by atoms with Gasteiger partial charge in [-0.1, -0.05) is 6.07 Å². The molecule has 0 fully saturated rings. The number of hydrogen-bond acceptors (Lipinski definition) is 5. The summed E-state index contributed by atoms with van der Waals surface area (Å²) in [6.45, 7) is 1.54. The second-order valence-corrected chi connectivity index (χ2v) is 6.03. The first-order valence-corrected chi connectivity index (χ1v) is 8.27. The van der Waals surface area contributed by atoms with Crippen molar-refractivity contribution in [2.24, 2.45) is 0 Å². The predicted molar refractivity (Wildman–Crippen MR) is 94.4 cm³/mol. The fourth-order valence-electron chi connectivity index (χ4n) is 2.86. The van der Waals surface area contributed by atoms with E-state index < -0.39 is 0 Å². The molecule has 0 saturated carbocycles. The third-order valence-corrected chi connectivity index (χ3v) is 4.40. The number of aliphatic hydroxyl groups excluding tert-OH is 1. The Kier molecular flexibility index (Phi) is 3.98. The highest BCUT2D eigenvalue weighted by molar-refractivity contribution is 7.92. The average Bonchev–Trinajstić information content (AvgIpc) is 3.24. The molecule has 0 saturated heterocycles. The normalized spacial score (nSPS) is 11.3. The smallest absolute Gasteiger partial charge is 0.187 e. The summed E-state index contributed by atoms with van der Waals surface area (Å²) in [6.07, 6.45) is 5.41. The van der Waals surface area contributed by atoms with Gasteiger partial charge in [0.15, 0.2) is 12.3 Å². The summed E-state index contributed by atoms with van der Waals surface area (Å²) in [5.41, 5.74) is 4.62. The molecule has 6 nitrogen and oxygen atoms in total. The van der Waals surface area contributed by atoms with Crippen molar-refractivity contribution in [1.82, 2.24) is 23.6 Å². The maximum absolute atomic E-state index is 13.4. The van der Waals surface area contributed by atoms with Crippen LogP contribution in [0, 0.1) is 6.92 Å². The molecule has 4 aromatic rings. The lowest BCUT2D eigenvalue weighted by atomic mass is 10.0. The molecule has 0 unspecified atom stereocenters. The van der Waals surface area contributed by atoms with E-state index >= 15 is 0 Å². The van der Waals surface area contributed by atoms with Crippen LogP contribution < -0.4 is 0 Å². The molecular formula is C17H14FN5OS. The van der Waals surface area contributed by atoms with Gasteiger partial charge in [-0.05, 0) is 31.2 Å². The van der Waals surface area contributed by atoms with Crippen molar-refractivity contribution < 1.29 is 8.99 Å². The molecule has 0 amide bonds. The monoisotopic (exact) mass is 355 g/mol. The molecule has 0 aliphatic carbocycles. The Morgan fingerprint density at radius 2 is 2.12 bits per heavy atom. The number of aryl methyl sites for hydroxylation is 1. The molecule has 4 rings (SSSR count). The minimum absolute atomic E-state index is 0.0475. The van der Waals surface area contributed by atoms with Gasteiger partial charge in [0.25, 0.3) is 0 Å². The van der Waals surface area contributed by atoms with Crippen LogP contribution in [-0.4, -0.2) is 28.7 Å². The molecular weight excluding hydrogens is 341 g/mol. The van der Waals surface area contributed by atoms with Crippen LogP contribution >= 0.6 is 12.3 Å². The van der Waals surface area contributed by atoms with Gasteiger partial charge < -0.3 is 9.51 Å². The van der Waals surface area contributed by atoms with Gasteiger partial charge in [0.05, 0.1) is 18.0 Å². The summed E-state index contributed by atoms with van der Waals surface area (Å²) in [5.74, 6) is 0. The minimum Gasteiger partial charge on any atom is -0.390 e. The van der Waals surface area contributed by atoms with Crippen LogP contribution in [0.3, 0.4) is 0 Å². The first-order valence-electron chi connectivity index (χ1n) is 7.60. The molecule has 0 atom stereocenters. The first kappa shape index (κ1) is 15.8. The molecule has 8 heteroatoms. The second kappa shape index (κ2) is 6.30. The number of aromatic nitrogens is 5. The van der Waals surface area contributed by atoms with Gasteiger partial charge in [-0.3, -0.25) is 4.98 Å². The lowest BCUT2D eigenvalue weighted by molar-refractivity contribution is 0.275. The standard InChI is InChI=1S/C17H14FN5OS/c1-11-3-2-4-13(20-11)17-16(14(10-24)23(21-17)25-18)12-5-6-15-19-7-8-22(15)9-12/h2-9,24H,10H2,1H3. The number of hydrogen-bond donors (Lipinski definition) is 1. The van der Waals surface area contributed by atoms with Gasteiger partial charge in [-0.15, -0.1) is 3.89 Å². The maximum Gasteiger partial charge on any atom is 0.187 e. The van der Waals surface area contributed by atoms with Crippen LogP contribution in [0.4, 0.5) is 3.89 Å². The number of pyridine rings is 2. The number of fused-ring (bicyclic) bond motifs is 1. The first-order chi connectivity index (χ1) is 12.2. The van der Waals surface area contributed by atoms with Crippen molar-refractivity contribution in [3.05, 3.63) is 60.3 Å². The van der Waals surface area contributed by atoms with Crippen LogP contribution in [0.1, 0.15) is 11.4 Å². The Hall–Kier alpha value is -2.71. The Bertz CT molecular complexity index is 1060. The van der Waals surface area contributed by atoms with Gasteiger partial charge in [-0.25, -0.2) is 4.98 Å². The average molecular weight is 355 g/mol. The van der Waals surface area contributed by atoms with Crippen molar-refractivity contribution in [3.8, 4) is 22.5 Å². The molecule has 0 aliphatic rings. The summed E-state index contributed by atoms with van der Waals surface area (Å²) < 4.78 is 16.3. The fourth-order valence-corrected chi connectivity index (χ4v) is 3.20. The Morgan fingerprint density at radius 1 is 1.24 bits per heavy atom. The molecule has 0 aliphatic heterocycles. The molecule has 1 N–H and O–H groups in total. The van der Waals surface area contributed by atoms with E-state index in [1.165, 1.54) is 0 Å². The summed E-state index contributed by atoms with van der Waals surface area (Å²) in [7, 11) is 0. The predicted octanol–water partition coefficient (Wildman–Crippen LogP) is 3.44. The van der Waals surface area contributed by atoms with E-state index in [2.05, 4.69) is 15.1 Å². The lowest BCUT2D eigenvalue weighted by Crippen LogP contribution is -1.96. The molecule has 0 radical (unpaired) electrons. The number of rotatable bonds is 4. The van der Waals surface area contributed by atoms with Gasteiger partial charge in [0, 0.05) is 35.4 Å². The number of imidazole rings is 1. The van der Waals surface area contributed by atoms with Crippen LogP contribution in [0.25, 0.3) is 28.2 Å². The second-order valence-electron chi connectivity index (χ2n) is 5.55. The van der Waals surface area contributed by atoms with E-state index in [4.69, 9.17) is 0 Å². The molecule has 126 valence electrons. The number of aliphatic hydroxyl groups is 1. The third kappa shape index (κ3) is 2.69. The van der Waals surface area contributed by atoms with Crippen molar-refractivity contribution >= 4 is 18.0 Å². The van der Waals surface area contributed by atoms with Gasteiger partial charge in [0.2, 0.25) is 0 Å². The molecule has 4 heterocycles. The fraction of sp³-hybridized carbons (Fsp3) is 0.118. The summed E-state index contributed by atoms with van der Waals surface area (Å²) in [6, 6.07) is 9.33. The lowest BCUT2D eigenvalue weighted by Gasteiger charge is -2.07. The van der Waals surface area contributed by atoms with Crippen LogP contribution in [0.15, 0.2) is 48.9 Å². The zero-order valence-corrected chi connectivity index (χ0v) is 14.1. The minimum atomic E-state index is -0.340. The molecule has 25 heavy (non-hydrogen) atoms. The van der Waals surface area contributed by atoms with Crippen molar-refractivity contribution in [1.29, 1.82) is 0 Å². The number of nitrogens with zero attached hydrogens (tertiary/aromatic N) is 5. The van der Waals surface area contributed by atoms with E-state index in [1.807, 2.05) is 54.0 Å². The molecule has 0 spiro atoms. The highest BCUT2D eigenvalue weighted by atomic mass is 32.2. The number of halogens is 1. The Balaban J connectivity index is 2.00. The quantitative estimate of drug-likeness (QED) is 0.607. The highest BCUT2D eigenvalue weighted by Gasteiger charge is 2.22. The van der Waals surface area contributed by atoms with Crippen LogP contribution in [0.2, 0.25) is 0 Å². The van der Waals surface area contributed by atoms with E-state index in [0.717, 1.165) is 21.0 Å². The van der Waals surface area contributed by atoms with Crippen molar-refractivity contribution in [2.45, 2.75) is 13.5 Å². The zero-order valence-electron chi connectivity index (χ0n) is 13.3. The highest BCUT2D eigenvalue weighted by Crippen LogP contribution is 2.35. The van der Waals surface area contributed by atoms with E-state index in [1.54, 1.807) is 6.20 Å². The SMILES string of the molecule is Cc1cccc(-c2nn(SF)c(CO)c2-c2ccc3nccn3c2)n1. The van der Waals surface area contributed by atoms with E-state index in [-0.39, 0.29) is 18.9 Å². The van der Waals surface area contributed by atoms with E-state index in [9.17, 15) is 8.99 Å². The molecule has 0 bridgehead atoms. The van der Waals surface area contributed by atoms with Gasteiger partial charge >= 0.3 is 0 Å². The zero-order chi connectivity index (χ0) is 17.4. The maximum atomic E-state index is 13.4. The molecule has 0 aromatic carbocycles. The van der Waals surface area contributed by atoms with E-state index in [0.29, 0.717) is 22.6 Å². The Labute approximate surface area is 147 Å². The summed E-state index contributed by atoms with van der Waals surface area (Å²) in [5, 5.41) is 14.1. The Morgan fingerprint density at radius 3 is 2.88 bits per heavy atom. The summed E-state index contributed by atoms with van der Waals surface area (Å²) in [4.78, 5) is 8.72. The largest absolute Gasteiger partial charge is 0.390 e. The van der Waals surface area contributed by atoms with Crippen molar-refractivity contribution in [2.75, 3.05) is 0 Å². The van der Waals surface area contributed by atoms with Gasteiger partial charge in [0.1, 0.15) is 11.3 Å². The third-order valence-electron chi connectivity index (χ3n) is 3.97. The van der Waals surface area contributed by atoms with Crippen molar-refractivity contribution in [3.63, 3.8) is 0 Å². The van der Waals surface area contributed by atoms with Crippen LogP contribution in [-0.2, 0) is 6.61 Å². The summed E-state index contributed by atoms with van der Waals surface area (Å²) >= 11 is -0.0475.